The number of nitrogens with zero attached hydrogens (tertiary/aromatic N) is 1. The van der Waals surface area contributed by atoms with E-state index in [0.29, 0.717) is 39.0 Å². The number of anilines is 1. The maximum absolute atomic E-state index is 13.8. The summed E-state index contributed by atoms with van der Waals surface area (Å²) in [6.07, 6.45) is 4.24. The highest BCUT2D eigenvalue weighted by Crippen LogP contribution is 2.33. The average Bonchev–Trinajstić information content (AvgIpc) is 3.12. The molecule has 0 bridgehead atoms. The second kappa shape index (κ2) is 7.38. The highest BCUT2D eigenvalue weighted by atomic mass is 32.2. The van der Waals surface area contributed by atoms with Crippen LogP contribution in [-0.2, 0) is 10.0 Å². The molecule has 0 aliphatic carbocycles. The number of benzene rings is 2. The molecule has 0 spiro atoms. The molecular formula is C22H18FN3O3S. The third-order valence-electron chi connectivity index (χ3n) is 4.74. The number of carbonyl (C=O) groups excluding carboxylic acids is 1. The lowest BCUT2D eigenvalue weighted by Gasteiger charge is -2.10. The Hall–Kier alpha value is -3.52. The minimum absolute atomic E-state index is 0.276. The van der Waals surface area contributed by atoms with Gasteiger partial charge < -0.3 is 4.98 Å². The van der Waals surface area contributed by atoms with Crippen LogP contribution in [0.5, 0.6) is 0 Å². The second-order valence-electron chi connectivity index (χ2n) is 7.03. The van der Waals surface area contributed by atoms with Gasteiger partial charge >= 0.3 is 0 Å². The van der Waals surface area contributed by atoms with Gasteiger partial charge in [-0.3, -0.25) is 9.52 Å². The van der Waals surface area contributed by atoms with Gasteiger partial charge in [0.05, 0.1) is 11.8 Å². The molecule has 0 aliphatic rings. The summed E-state index contributed by atoms with van der Waals surface area (Å²) in [5, 5.41) is 0.586. The van der Waals surface area contributed by atoms with Crippen LogP contribution in [0.3, 0.4) is 0 Å². The van der Waals surface area contributed by atoms with Gasteiger partial charge in [-0.2, -0.15) is 0 Å². The van der Waals surface area contributed by atoms with Gasteiger partial charge in [-0.1, -0.05) is 18.2 Å². The van der Waals surface area contributed by atoms with Crippen LogP contribution in [0, 0.1) is 12.7 Å². The number of sulfonamides is 1. The highest BCUT2D eigenvalue weighted by molar-refractivity contribution is 7.92. The Morgan fingerprint density at radius 1 is 1.10 bits per heavy atom. The molecule has 8 heteroatoms. The van der Waals surface area contributed by atoms with E-state index in [1.54, 1.807) is 49.6 Å². The number of fused-ring (bicyclic) bond motifs is 1. The molecular weight excluding hydrogens is 405 g/mol. The molecule has 2 aromatic carbocycles. The number of pyridine rings is 1. The van der Waals surface area contributed by atoms with Gasteiger partial charge in [0.1, 0.15) is 11.5 Å². The zero-order chi connectivity index (χ0) is 21.5. The molecule has 0 fully saturated rings. The lowest BCUT2D eigenvalue weighted by molar-refractivity contribution is 0.103. The number of H-pyrrole nitrogens is 1. The third kappa shape index (κ3) is 3.81. The van der Waals surface area contributed by atoms with E-state index in [0.717, 1.165) is 6.26 Å². The van der Waals surface area contributed by atoms with E-state index in [1.165, 1.54) is 12.1 Å². The van der Waals surface area contributed by atoms with Crippen molar-refractivity contribution in [3.63, 3.8) is 0 Å². The number of hydrogen-bond acceptors (Lipinski definition) is 4. The topological polar surface area (TPSA) is 91.9 Å². The molecule has 6 nitrogen and oxygen atoms in total. The van der Waals surface area contributed by atoms with Crippen molar-refractivity contribution in [1.82, 2.24) is 9.97 Å². The molecule has 0 aliphatic heterocycles. The van der Waals surface area contributed by atoms with Gasteiger partial charge in [0, 0.05) is 29.0 Å². The SMILES string of the molecule is Cc1ccc(F)cc1C(=O)c1c[nH]c2nccc(-c3cccc(NS(C)(=O)=O)c3)c12. The van der Waals surface area contributed by atoms with Crippen LogP contribution < -0.4 is 4.72 Å². The lowest BCUT2D eigenvalue weighted by atomic mass is 9.95. The number of aromatic nitrogens is 2. The zero-order valence-corrected chi connectivity index (χ0v) is 17.0. The molecule has 4 aromatic rings. The van der Waals surface area contributed by atoms with Crippen molar-refractivity contribution in [3.05, 3.63) is 83.4 Å². The predicted octanol–water partition coefficient (Wildman–Crippen LogP) is 4.28. The normalized spacial score (nSPS) is 11.6. The summed E-state index contributed by atoms with van der Waals surface area (Å²) in [6.45, 7) is 1.75. The maximum atomic E-state index is 13.8. The van der Waals surface area contributed by atoms with Gasteiger partial charge in [0.25, 0.3) is 0 Å². The van der Waals surface area contributed by atoms with Gasteiger partial charge in [-0.15, -0.1) is 0 Å². The average molecular weight is 423 g/mol. The number of rotatable bonds is 5. The quantitative estimate of drug-likeness (QED) is 0.469. The third-order valence-corrected chi connectivity index (χ3v) is 5.35. The van der Waals surface area contributed by atoms with Gasteiger partial charge in [0.2, 0.25) is 10.0 Å². The number of aromatic amines is 1. The molecule has 0 atom stereocenters. The minimum Gasteiger partial charge on any atom is -0.345 e. The number of aryl methyl sites for hydroxylation is 1. The van der Waals surface area contributed by atoms with Crippen LogP contribution in [0.4, 0.5) is 10.1 Å². The van der Waals surface area contributed by atoms with Crippen LogP contribution in [0.15, 0.2) is 60.9 Å². The number of nitrogens with one attached hydrogen (secondary N) is 2. The smallest absolute Gasteiger partial charge is 0.229 e. The fraction of sp³-hybridized carbons (Fsp3) is 0.0909. The first-order chi connectivity index (χ1) is 14.2. The fourth-order valence-corrected chi connectivity index (χ4v) is 3.98. The van der Waals surface area contributed by atoms with E-state index in [9.17, 15) is 17.6 Å². The fourth-order valence-electron chi connectivity index (χ4n) is 3.42. The standard InChI is InChI=1S/C22H18FN3O3S/c1-13-6-7-15(23)11-18(13)21(27)19-12-25-22-20(19)17(8-9-24-22)14-4-3-5-16(10-14)26-30(2,28)29/h3-12,26H,1-2H3,(H,24,25). The van der Waals surface area contributed by atoms with Crippen molar-refractivity contribution in [1.29, 1.82) is 0 Å². The maximum Gasteiger partial charge on any atom is 0.229 e. The van der Waals surface area contributed by atoms with E-state index in [4.69, 9.17) is 0 Å². The highest BCUT2D eigenvalue weighted by Gasteiger charge is 2.20. The Kier molecular flexibility index (Phi) is 4.87. The van der Waals surface area contributed by atoms with E-state index >= 15 is 0 Å². The van der Waals surface area contributed by atoms with Crippen LogP contribution >= 0.6 is 0 Å². The van der Waals surface area contributed by atoms with Crippen molar-refractivity contribution in [2.75, 3.05) is 11.0 Å². The van der Waals surface area contributed by atoms with Gasteiger partial charge in [0.15, 0.2) is 5.78 Å². The predicted molar refractivity (Wildman–Crippen MR) is 115 cm³/mol. The molecule has 152 valence electrons. The Bertz CT molecular complexity index is 1390. The molecule has 2 aromatic heterocycles. The number of halogens is 1. The first kappa shape index (κ1) is 19.8. The van der Waals surface area contributed by atoms with Gasteiger partial charge in [-0.25, -0.2) is 17.8 Å². The van der Waals surface area contributed by atoms with E-state index in [2.05, 4.69) is 14.7 Å². The Labute approximate surface area is 172 Å². The van der Waals surface area contributed by atoms with Crippen molar-refractivity contribution < 1.29 is 17.6 Å². The summed E-state index contributed by atoms with van der Waals surface area (Å²) in [5.74, 6) is -0.806. The summed E-state index contributed by atoms with van der Waals surface area (Å²) < 4.78 is 39.4. The van der Waals surface area contributed by atoms with Crippen LogP contribution in [0.1, 0.15) is 21.5 Å². The molecule has 0 saturated carbocycles. The molecule has 2 heterocycles. The first-order valence-corrected chi connectivity index (χ1v) is 11.0. The molecule has 0 amide bonds. The van der Waals surface area contributed by atoms with Crippen LogP contribution in [-0.4, -0.2) is 30.4 Å². The molecule has 0 radical (unpaired) electrons. The molecule has 0 saturated heterocycles. The van der Waals surface area contributed by atoms with Gasteiger partial charge in [-0.05, 0) is 53.9 Å². The summed E-state index contributed by atoms with van der Waals surface area (Å²) in [7, 11) is -3.43. The van der Waals surface area contributed by atoms with E-state index in [1.807, 2.05) is 6.07 Å². The summed E-state index contributed by atoms with van der Waals surface area (Å²) in [6, 6.07) is 12.7. The summed E-state index contributed by atoms with van der Waals surface area (Å²) >= 11 is 0. The molecule has 0 unspecified atom stereocenters. The molecule has 30 heavy (non-hydrogen) atoms. The second-order valence-corrected chi connectivity index (χ2v) is 8.78. The van der Waals surface area contributed by atoms with E-state index in [-0.39, 0.29) is 11.3 Å². The summed E-state index contributed by atoms with van der Waals surface area (Å²) in [5.41, 5.74) is 3.63. The van der Waals surface area contributed by atoms with Crippen molar-refractivity contribution >= 4 is 32.5 Å². The number of ketones is 1. The minimum atomic E-state index is -3.43. The van der Waals surface area contributed by atoms with Crippen LogP contribution in [0.2, 0.25) is 0 Å². The number of carbonyl (C=O) groups is 1. The molecule has 4 rings (SSSR count). The number of hydrogen-bond donors (Lipinski definition) is 2. The van der Waals surface area contributed by atoms with Crippen molar-refractivity contribution in [2.24, 2.45) is 0 Å². The largest absolute Gasteiger partial charge is 0.345 e. The Balaban J connectivity index is 1.88. The van der Waals surface area contributed by atoms with Crippen molar-refractivity contribution in [3.8, 4) is 11.1 Å². The Morgan fingerprint density at radius 3 is 2.67 bits per heavy atom. The molecule has 2 N–H and O–H groups in total. The zero-order valence-electron chi connectivity index (χ0n) is 16.2. The monoisotopic (exact) mass is 423 g/mol. The van der Waals surface area contributed by atoms with Crippen LogP contribution in [0.25, 0.3) is 22.2 Å². The Morgan fingerprint density at radius 2 is 1.90 bits per heavy atom. The lowest BCUT2D eigenvalue weighted by Crippen LogP contribution is -2.09. The van der Waals surface area contributed by atoms with Crippen molar-refractivity contribution in [2.45, 2.75) is 6.92 Å². The first-order valence-electron chi connectivity index (χ1n) is 9.08. The van der Waals surface area contributed by atoms with E-state index < -0.39 is 15.8 Å². The summed E-state index contributed by atoms with van der Waals surface area (Å²) in [4.78, 5) is 20.5.